The van der Waals surface area contributed by atoms with Crippen LogP contribution in [0.3, 0.4) is 0 Å². The lowest BCUT2D eigenvalue weighted by Crippen LogP contribution is -2.12. The third kappa shape index (κ3) is 5.81. The molecule has 3 heterocycles. The molecule has 13 rings (SSSR count). The summed E-state index contributed by atoms with van der Waals surface area (Å²) >= 11 is 1.85. The fourth-order valence-corrected chi connectivity index (χ4v) is 11.0. The van der Waals surface area contributed by atoms with E-state index in [2.05, 4.69) is 240 Å². The summed E-state index contributed by atoms with van der Waals surface area (Å²) < 4.78 is 11.9. The second-order valence-corrected chi connectivity index (χ2v) is 17.5. The van der Waals surface area contributed by atoms with E-state index in [-0.39, 0.29) is 0 Å². The Bertz CT molecular complexity index is 3860. The van der Waals surface area contributed by atoms with Crippen molar-refractivity contribution in [1.82, 2.24) is 4.57 Å². The Hall–Kier alpha value is -8.18. The molecule has 0 radical (unpaired) electrons. The van der Waals surface area contributed by atoms with Crippen molar-refractivity contribution in [1.29, 1.82) is 0 Å². The van der Waals surface area contributed by atoms with Crippen molar-refractivity contribution in [2.24, 2.45) is 0 Å². The molecular formula is C60H38N2OS. The van der Waals surface area contributed by atoms with Crippen molar-refractivity contribution in [2.75, 3.05) is 4.90 Å². The molecule has 3 nitrogen and oxygen atoms in total. The highest BCUT2D eigenvalue weighted by atomic mass is 32.1. The van der Waals surface area contributed by atoms with Crippen LogP contribution in [0.15, 0.2) is 235 Å². The van der Waals surface area contributed by atoms with Crippen LogP contribution in [0.5, 0.6) is 0 Å². The van der Waals surface area contributed by atoms with Gasteiger partial charge in [-0.15, -0.1) is 11.3 Å². The number of thiophene rings is 1. The lowest BCUT2D eigenvalue weighted by atomic mass is 9.96. The summed E-state index contributed by atoms with van der Waals surface area (Å²) in [6.07, 6.45) is 0. The molecule has 0 aliphatic carbocycles. The lowest BCUT2D eigenvalue weighted by molar-refractivity contribution is 0.670. The van der Waals surface area contributed by atoms with E-state index in [1.807, 2.05) is 11.3 Å². The number of benzene rings is 10. The zero-order chi connectivity index (χ0) is 42.1. The zero-order valence-electron chi connectivity index (χ0n) is 34.7. The largest absolute Gasteiger partial charge is 0.455 e. The van der Waals surface area contributed by atoms with Crippen molar-refractivity contribution < 1.29 is 4.42 Å². The Balaban J connectivity index is 1.07. The molecule has 0 bridgehead atoms. The van der Waals surface area contributed by atoms with Gasteiger partial charge in [0, 0.05) is 64.2 Å². The van der Waals surface area contributed by atoms with E-state index in [0.717, 1.165) is 72.5 Å². The fourth-order valence-electron chi connectivity index (χ4n) is 9.89. The van der Waals surface area contributed by atoms with Crippen LogP contribution in [0.4, 0.5) is 17.1 Å². The number of aromatic nitrogens is 1. The molecule has 4 heteroatoms. The topological polar surface area (TPSA) is 21.3 Å². The van der Waals surface area contributed by atoms with Gasteiger partial charge in [0.2, 0.25) is 0 Å². The van der Waals surface area contributed by atoms with E-state index in [1.165, 1.54) is 47.5 Å². The number of fused-ring (bicyclic) bond motifs is 9. The molecule has 0 amide bonds. The van der Waals surface area contributed by atoms with Gasteiger partial charge in [-0.3, -0.25) is 0 Å². The van der Waals surface area contributed by atoms with Crippen LogP contribution < -0.4 is 4.90 Å². The first-order valence-corrected chi connectivity index (χ1v) is 22.6. The summed E-state index contributed by atoms with van der Waals surface area (Å²) in [5, 5.41) is 7.24. The molecule has 0 unspecified atom stereocenters. The van der Waals surface area contributed by atoms with Crippen LogP contribution in [-0.2, 0) is 0 Å². The Kier molecular flexibility index (Phi) is 8.40. The summed E-state index contributed by atoms with van der Waals surface area (Å²) in [7, 11) is 0. The highest BCUT2D eigenvalue weighted by molar-refractivity contribution is 7.25. The summed E-state index contributed by atoms with van der Waals surface area (Å²) in [6.45, 7) is 0. The van der Waals surface area contributed by atoms with Gasteiger partial charge in [-0.25, -0.2) is 0 Å². The Morgan fingerprint density at radius 3 is 1.83 bits per heavy atom. The minimum absolute atomic E-state index is 0.858. The molecule has 0 spiro atoms. The van der Waals surface area contributed by atoms with Gasteiger partial charge in [0.05, 0.1) is 22.4 Å². The van der Waals surface area contributed by atoms with Gasteiger partial charge in [-0.05, 0) is 101 Å². The number of hydrogen-bond donors (Lipinski definition) is 0. The van der Waals surface area contributed by atoms with E-state index >= 15 is 0 Å². The zero-order valence-corrected chi connectivity index (χ0v) is 35.5. The summed E-state index contributed by atoms with van der Waals surface area (Å²) in [4.78, 5) is 2.44. The molecule has 0 fully saturated rings. The molecule has 10 aromatic carbocycles. The maximum absolute atomic E-state index is 6.98. The van der Waals surface area contributed by atoms with E-state index in [1.54, 1.807) is 0 Å². The maximum atomic E-state index is 6.98. The summed E-state index contributed by atoms with van der Waals surface area (Å²) in [5.41, 5.74) is 15.1. The van der Waals surface area contributed by atoms with Gasteiger partial charge >= 0.3 is 0 Å². The third-order valence-corrected chi connectivity index (χ3v) is 14.0. The van der Waals surface area contributed by atoms with Crippen molar-refractivity contribution >= 4 is 92.3 Å². The molecule has 0 saturated heterocycles. The van der Waals surface area contributed by atoms with Crippen LogP contribution in [0.2, 0.25) is 0 Å². The molecule has 0 aliphatic rings. The molecule has 0 N–H and O–H groups in total. The predicted molar refractivity (Wildman–Crippen MR) is 272 cm³/mol. The molecule has 0 saturated carbocycles. The average molecular weight is 835 g/mol. The van der Waals surface area contributed by atoms with Gasteiger partial charge in [0.15, 0.2) is 0 Å². The minimum Gasteiger partial charge on any atom is -0.455 e. The maximum Gasteiger partial charge on any atom is 0.145 e. The Morgan fingerprint density at radius 2 is 1.02 bits per heavy atom. The van der Waals surface area contributed by atoms with Crippen molar-refractivity contribution in [3.05, 3.63) is 231 Å². The van der Waals surface area contributed by atoms with Gasteiger partial charge < -0.3 is 13.9 Å². The third-order valence-electron chi connectivity index (χ3n) is 12.8. The van der Waals surface area contributed by atoms with Crippen LogP contribution in [0.1, 0.15) is 0 Å². The van der Waals surface area contributed by atoms with Crippen LogP contribution >= 0.6 is 11.3 Å². The lowest BCUT2D eigenvalue weighted by Gasteiger charge is -2.30. The predicted octanol–water partition coefficient (Wildman–Crippen LogP) is 17.5. The second-order valence-electron chi connectivity index (χ2n) is 16.4. The Labute approximate surface area is 373 Å². The standard InChI is InChI=1S/C60H38N2OS/c1-2-15-39(16-3-1)41-17-14-18-44(37-41)62(52-24-9-4-19-45(52)42-31-36-58-51(38-42)49-23-8-13-28-57(49)64-58)55-35-34-50-48-22-7-12-27-56(48)63-60(50)59(55)40-29-32-43(33-30-40)61-53-25-10-5-20-46(53)47-21-6-11-26-54(47)61/h1-38H. The number of rotatable bonds is 7. The quantitative estimate of drug-likeness (QED) is 0.159. The molecule has 300 valence electrons. The van der Waals surface area contributed by atoms with Gasteiger partial charge in [0.25, 0.3) is 0 Å². The normalized spacial score (nSPS) is 11.8. The minimum atomic E-state index is 0.858. The Morgan fingerprint density at radius 1 is 0.375 bits per heavy atom. The number of para-hydroxylation sites is 4. The fraction of sp³-hybridized carbons (Fsp3) is 0. The van der Waals surface area contributed by atoms with E-state index in [9.17, 15) is 0 Å². The molecule has 0 aliphatic heterocycles. The smallest absolute Gasteiger partial charge is 0.145 e. The number of furan rings is 1. The van der Waals surface area contributed by atoms with E-state index < -0.39 is 0 Å². The van der Waals surface area contributed by atoms with Gasteiger partial charge in [-0.2, -0.15) is 0 Å². The average Bonchev–Trinajstić information content (AvgIpc) is 4.04. The number of nitrogens with zero attached hydrogens (tertiary/aromatic N) is 2. The monoisotopic (exact) mass is 834 g/mol. The molecular weight excluding hydrogens is 797 g/mol. The molecule has 13 aromatic rings. The molecule has 3 aromatic heterocycles. The van der Waals surface area contributed by atoms with Gasteiger partial charge in [-0.1, -0.05) is 152 Å². The van der Waals surface area contributed by atoms with E-state index in [0.29, 0.717) is 0 Å². The second kappa shape index (κ2) is 14.7. The first-order chi connectivity index (χ1) is 31.7. The first kappa shape index (κ1) is 36.5. The first-order valence-electron chi connectivity index (χ1n) is 21.7. The van der Waals surface area contributed by atoms with Crippen molar-refractivity contribution in [2.45, 2.75) is 0 Å². The number of anilines is 3. The highest BCUT2D eigenvalue weighted by Crippen LogP contribution is 2.50. The summed E-state index contributed by atoms with van der Waals surface area (Å²) in [6, 6.07) is 83.5. The SMILES string of the molecule is c1ccc(-c2cccc(N(c3ccccc3-c3ccc4sc5ccccc5c4c3)c3ccc4c(oc5ccccc54)c3-c3ccc(-n4c5ccccc5c5ccccc54)cc3)c2)cc1. The number of hydrogen-bond acceptors (Lipinski definition) is 3. The van der Waals surface area contributed by atoms with Crippen LogP contribution in [-0.4, -0.2) is 4.57 Å². The van der Waals surface area contributed by atoms with Crippen LogP contribution in [0, 0.1) is 0 Å². The molecule has 64 heavy (non-hydrogen) atoms. The molecule has 0 atom stereocenters. The van der Waals surface area contributed by atoms with Crippen molar-refractivity contribution in [3.63, 3.8) is 0 Å². The van der Waals surface area contributed by atoms with Crippen LogP contribution in [0.25, 0.3) is 103 Å². The highest BCUT2D eigenvalue weighted by Gasteiger charge is 2.25. The summed E-state index contributed by atoms with van der Waals surface area (Å²) in [5.74, 6) is 0. The van der Waals surface area contributed by atoms with E-state index in [4.69, 9.17) is 4.42 Å². The van der Waals surface area contributed by atoms with Crippen molar-refractivity contribution in [3.8, 4) is 39.1 Å². The van der Waals surface area contributed by atoms with Gasteiger partial charge in [0.1, 0.15) is 11.2 Å².